The zero-order valence-corrected chi connectivity index (χ0v) is 18.4. The number of anilines is 1. The third-order valence-electron chi connectivity index (χ3n) is 6.01. The van der Waals surface area contributed by atoms with Crippen molar-refractivity contribution >= 4 is 41.7 Å². The maximum atomic E-state index is 13.5. The summed E-state index contributed by atoms with van der Waals surface area (Å²) in [7, 11) is 0. The first kappa shape index (κ1) is 22.2. The number of benzene rings is 1. The smallest absolute Gasteiger partial charge is 0.248 e. The molecular formula is C21H31ClN4O2S. The minimum atomic E-state index is -0.563. The molecule has 2 fully saturated rings. The van der Waals surface area contributed by atoms with E-state index in [0.29, 0.717) is 17.5 Å². The molecule has 0 aromatic heterocycles. The monoisotopic (exact) mass is 438 g/mol. The summed E-state index contributed by atoms with van der Waals surface area (Å²) in [6.45, 7) is 3.90. The van der Waals surface area contributed by atoms with Crippen LogP contribution in [0.5, 0.6) is 0 Å². The van der Waals surface area contributed by atoms with Crippen LogP contribution in [0.2, 0.25) is 5.02 Å². The van der Waals surface area contributed by atoms with Crippen molar-refractivity contribution in [2.45, 2.75) is 37.6 Å². The molecule has 0 saturated carbocycles. The van der Waals surface area contributed by atoms with Crippen LogP contribution in [0.25, 0.3) is 0 Å². The molecule has 0 aliphatic carbocycles. The van der Waals surface area contributed by atoms with E-state index >= 15 is 0 Å². The Morgan fingerprint density at radius 3 is 2.45 bits per heavy atom. The van der Waals surface area contributed by atoms with Gasteiger partial charge in [-0.3, -0.25) is 9.59 Å². The van der Waals surface area contributed by atoms with Gasteiger partial charge in [0.2, 0.25) is 11.8 Å². The highest BCUT2D eigenvalue weighted by Crippen LogP contribution is 2.30. The molecule has 2 saturated heterocycles. The summed E-state index contributed by atoms with van der Waals surface area (Å²) < 4.78 is 0. The number of halogens is 1. The number of thiol groups is 1. The number of carbonyl (C=O) groups excluding carboxylic acids is 2. The average Bonchev–Trinajstić information content (AvgIpc) is 2.76. The molecule has 160 valence electrons. The number of amides is 2. The van der Waals surface area contributed by atoms with Gasteiger partial charge in [-0.25, -0.2) is 0 Å². The Morgan fingerprint density at radius 1 is 1.17 bits per heavy atom. The molecular weight excluding hydrogens is 408 g/mol. The van der Waals surface area contributed by atoms with Gasteiger partial charge in [0, 0.05) is 30.3 Å². The molecule has 2 aliphatic rings. The first-order valence-electron chi connectivity index (χ1n) is 10.4. The Hall–Kier alpha value is -1.44. The predicted octanol–water partition coefficient (Wildman–Crippen LogP) is 2.55. The van der Waals surface area contributed by atoms with Crippen molar-refractivity contribution < 1.29 is 9.59 Å². The van der Waals surface area contributed by atoms with E-state index in [1.807, 2.05) is 29.2 Å². The van der Waals surface area contributed by atoms with Crippen molar-refractivity contribution in [2.75, 3.05) is 43.8 Å². The van der Waals surface area contributed by atoms with Gasteiger partial charge in [-0.1, -0.05) is 11.6 Å². The molecule has 3 N–H and O–H groups in total. The number of rotatable bonds is 7. The summed E-state index contributed by atoms with van der Waals surface area (Å²) in [6, 6.07) is 7.57. The van der Waals surface area contributed by atoms with Gasteiger partial charge in [-0.2, -0.15) is 12.6 Å². The largest absolute Gasteiger partial charge is 0.371 e. The van der Waals surface area contributed by atoms with Gasteiger partial charge in [0.15, 0.2) is 0 Å². The number of piperidine rings is 2. The van der Waals surface area contributed by atoms with Crippen LogP contribution in [-0.2, 0) is 9.59 Å². The lowest BCUT2D eigenvalue weighted by atomic mass is 9.84. The molecule has 0 spiro atoms. The average molecular weight is 439 g/mol. The highest BCUT2D eigenvalue weighted by atomic mass is 35.5. The van der Waals surface area contributed by atoms with Gasteiger partial charge in [0.1, 0.15) is 5.54 Å². The fourth-order valence-electron chi connectivity index (χ4n) is 4.25. The number of hydrogen-bond donors (Lipinski definition) is 4. The van der Waals surface area contributed by atoms with Crippen molar-refractivity contribution in [2.24, 2.45) is 5.92 Å². The lowest BCUT2D eigenvalue weighted by Gasteiger charge is -2.43. The third kappa shape index (κ3) is 6.03. The van der Waals surface area contributed by atoms with E-state index in [1.165, 1.54) is 0 Å². The van der Waals surface area contributed by atoms with Crippen LogP contribution in [0.15, 0.2) is 24.3 Å². The second kappa shape index (κ2) is 10.5. The molecule has 3 rings (SSSR count). The summed E-state index contributed by atoms with van der Waals surface area (Å²) in [6.07, 6.45) is 4.46. The van der Waals surface area contributed by atoms with Gasteiger partial charge < -0.3 is 20.9 Å². The molecule has 0 radical (unpaired) electrons. The molecule has 0 atom stereocenters. The quantitative estimate of drug-likeness (QED) is 0.494. The van der Waals surface area contributed by atoms with Crippen molar-refractivity contribution in [3.05, 3.63) is 29.3 Å². The molecule has 1 aromatic carbocycles. The number of hydrogen-bond acceptors (Lipinski definition) is 5. The Labute approximate surface area is 183 Å². The second-order valence-electron chi connectivity index (χ2n) is 8.00. The Bertz CT molecular complexity index is 686. The molecule has 8 heteroatoms. The number of nitrogens with zero attached hydrogens (tertiary/aromatic N) is 1. The first-order valence-corrected chi connectivity index (χ1v) is 11.4. The van der Waals surface area contributed by atoms with E-state index in [4.69, 9.17) is 11.6 Å². The zero-order valence-electron chi connectivity index (χ0n) is 16.8. The van der Waals surface area contributed by atoms with E-state index in [1.54, 1.807) is 0 Å². The Kier molecular flexibility index (Phi) is 8.09. The maximum absolute atomic E-state index is 13.5. The van der Waals surface area contributed by atoms with Crippen LogP contribution >= 0.6 is 24.2 Å². The number of likely N-dealkylation sites (tertiary alicyclic amines) is 1. The molecule has 2 amide bonds. The highest BCUT2D eigenvalue weighted by Gasteiger charge is 2.42. The predicted molar refractivity (Wildman–Crippen MR) is 121 cm³/mol. The summed E-state index contributed by atoms with van der Waals surface area (Å²) in [5, 5.41) is 10.5. The van der Waals surface area contributed by atoms with Crippen LogP contribution in [-0.4, -0.2) is 60.7 Å². The van der Waals surface area contributed by atoms with Crippen LogP contribution in [0.4, 0.5) is 5.69 Å². The van der Waals surface area contributed by atoms with Gasteiger partial charge in [0.25, 0.3) is 0 Å². The summed E-state index contributed by atoms with van der Waals surface area (Å²) in [4.78, 5) is 26.9. The Morgan fingerprint density at radius 2 is 1.83 bits per heavy atom. The lowest BCUT2D eigenvalue weighted by molar-refractivity contribution is -0.138. The minimum Gasteiger partial charge on any atom is -0.371 e. The van der Waals surface area contributed by atoms with Gasteiger partial charge in [-0.15, -0.1) is 0 Å². The molecule has 1 aromatic rings. The van der Waals surface area contributed by atoms with Gasteiger partial charge in [-0.05, 0) is 75.4 Å². The molecule has 0 bridgehead atoms. The SMILES string of the molecule is O=C(CS)NCCC1CCN(C(=O)C2(Nc3ccc(Cl)cc3)CCNCC2)CC1. The van der Waals surface area contributed by atoms with E-state index in [9.17, 15) is 9.59 Å². The van der Waals surface area contributed by atoms with Crippen molar-refractivity contribution in [1.82, 2.24) is 15.5 Å². The van der Waals surface area contributed by atoms with Crippen molar-refractivity contribution in [3.8, 4) is 0 Å². The van der Waals surface area contributed by atoms with E-state index in [-0.39, 0.29) is 17.6 Å². The topological polar surface area (TPSA) is 73.5 Å². The van der Waals surface area contributed by atoms with Crippen LogP contribution in [0.1, 0.15) is 32.1 Å². The van der Waals surface area contributed by atoms with E-state index in [2.05, 4.69) is 28.6 Å². The molecule has 2 heterocycles. The zero-order chi connectivity index (χ0) is 20.7. The summed E-state index contributed by atoms with van der Waals surface area (Å²) in [5.41, 5.74) is 0.367. The van der Waals surface area contributed by atoms with Gasteiger partial charge in [0.05, 0.1) is 5.75 Å². The summed E-state index contributed by atoms with van der Waals surface area (Å²) in [5.74, 6) is 0.954. The second-order valence-corrected chi connectivity index (χ2v) is 8.75. The number of carbonyl (C=O) groups is 2. The van der Waals surface area contributed by atoms with Crippen molar-refractivity contribution in [3.63, 3.8) is 0 Å². The summed E-state index contributed by atoms with van der Waals surface area (Å²) >= 11 is 9.98. The maximum Gasteiger partial charge on any atom is 0.248 e. The standard InChI is InChI=1S/C21H31ClN4O2S/c22-17-1-3-18(4-2-17)25-21(8-11-23-12-9-21)20(28)26-13-6-16(7-14-26)5-10-24-19(27)15-29/h1-4,16,23,25,29H,5-15H2,(H,24,27). The van der Waals surface area contributed by atoms with E-state index < -0.39 is 5.54 Å². The molecule has 2 aliphatic heterocycles. The van der Waals surface area contributed by atoms with Crippen LogP contribution in [0.3, 0.4) is 0 Å². The molecule has 29 heavy (non-hydrogen) atoms. The lowest BCUT2D eigenvalue weighted by Crippen LogP contribution is -2.59. The minimum absolute atomic E-state index is 0.0259. The van der Waals surface area contributed by atoms with Crippen LogP contribution in [0, 0.1) is 5.92 Å². The fourth-order valence-corrected chi connectivity index (χ4v) is 4.49. The van der Waals surface area contributed by atoms with Crippen LogP contribution < -0.4 is 16.0 Å². The number of nitrogens with one attached hydrogen (secondary N) is 3. The highest BCUT2D eigenvalue weighted by molar-refractivity contribution is 7.81. The molecule has 6 nitrogen and oxygen atoms in total. The first-order chi connectivity index (χ1) is 14.0. The fraction of sp³-hybridized carbons (Fsp3) is 0.619. The van der Waals surface area contributed by atoms with E-state index in [0.717, 1.165) is 64.0 Å². The molecule has 0 unspecified atom stereocenters. The van der Waals surface area contributed by atoms with Crippen molar-refractivity contribution in [1.29, 1.82) is 0 Å². The Balaban J connectivity index is 1.57. The third-order valence-corrected chi connectivity index (χ3v) is 6.55. The normalized spacial score (nSPS) is 19.6. The van der Waals surface area contributed by atoms with Gasteiger partial charge >= 0.3 is 0 Å².